The highest BCUT2D eigenvalue weighted by molar-refractivity contribution is 5.73. The summed E-state index contributed by atoms with van der Waals surface area (Å²) in [4.78, 5) is 30.4. The molecule has 0 aromatic carbocycles. The molecule has 1 unspecified atom stereocenters. The molecule has 2 aromatic rings. The number of rotatable bonds is 3. The second-order valence-corrected chi connectivity index (χ2v) is 8.77. The molecule has 0 radical (unpaired) electrons. The Morgan fingerprint density at radius 1 is 0.872 bits per heavy atom. The van der Waals surface area contributed by atoms with Gasteiger partial charge in [-0.25, -0.2) is 23.4 Å². The SMILES string of the molecule is FC1(F)CCN(Cc2cccnc2)CC12CCN(c1ccccn1)C2.O=C(O)C(F)(F)F.O=C(O)C(F)(F)F. The van der Waals surface area contributed by atoms with E-state index in [0.717, 1.165) is 11.4 Å². The average molecular weight is 572 g/mol. The molecular formula is C23H24F8N4O4. The molecule has 2 aromatic heterocycles. The molecule has 39 heavy (non-hydrogen) atoms. The van der Waals surface area contributed by atoms with E-state index in [2.05, 4.69) is 14.9 Å². The van der Waals surface area contributed by atoms with Crippen molar-refractivity contribution in [1.29, 1.82) is 0 Å². The largest absolute Gasteiger partial charge is 0.490 e. The van der Waals surface area contributed by atoms with Crippen LogP contribution in [0.1, 0.15) is 18.4 Å². The molecule has 0 saturated carbocycles. The van der Waals surface area contributed by atoms with Gasteiger partial charge in [-0.3, -0.25) is 9.88 Å². The van der Waals surface area contributed by atoms with Crippen LogP contribution in [-0.2, 0) is 16.1 Å². The highest BCUT2D eigenvalue weighted by atomic mass is 19.4. The molecule has 16 heteroatoms. The highest BCUT2D eigenvalue weighted by Crippen LogP contribution is 2.50. The lowest BCUT2D eigenvalue weighted by Crippen LogP contribution is -2.56. The number of anilines is 1. The number of piperidine rings is 1. The van der Waals surface area contributed by atoms with Gasteiger partial charge < -0.3 is 15.1 Å². The third kappa shape index (κ3) is 9.01. The molecule has 2 fully saturated rings. The standard InChI is InChI=1S/C19H22F2N4.2C2HF3O2/c20-19(21)7-10-24(13-16-4-3-8-22-12-16)14-18(19)6-11-25(15-18)17-5-1-2-9-23-17;2*3-2(4,5)1(6)7/h1-5,8-9,12H,6-7,10-11,13-15H2;2*(H,6,7). The van der Waals surface area contributed by atoms with Gasteiger partial charge in [-0.1, -0.05) is 12.1 Å². The molecule has 0 bridgehead atoms. The molecule has 2 saturated heterocycles. The van der Waals surface area contributed by atoms with Crippen molar-refractivity contribution in [2.24, 2.45) is 5.41 Å². The number of likely N-dealkylation sites (tertiary alicyclic amines) is 1. The molecule has 0 aliphatic carbocycles. The van der Waals surface area contributed by atoms with E-state index < -0.39 is 35.6 Å². The second kappa shape index (κ2) is 12.5. The van der Waals surface area contributed by atoms with Crippen molar-refractivity contribution < 1.29 is 54.9 Å². The second-order valence-electron chi connectivity index (χ2n) is 8.77. The zero-order valence-electron chi connectivity index (χ0n) is 20.1. The normalized spacial score (nSPS) is 20.9. The first-order chi connectivity index (χ1) is 18.0. The topological polar surface area (TPSA) is 107 Å². The van der Waals surface area contributed by atoms with Crippen LogP contribution in [0.3, 0.4) is 0 Å². The lowest BCUT2D eigenvalue weighted by molar-refractivity contribution is -0.193. The van der Waals surface area contributed by atoms with Crippen molar-refractivity contribution >= 4 is 17.8 Å². The molecule has 0 amide bonds. The third-order valence-corrected chi connectivity index (χ3v) is 5.99. The number of aromatic nitrogens is 2. The molecule has 1 atom stereocenters. The zero-order chi connectivity index (χ0) is 29.5. The van der Waals surface area contributed by atoms with Crippen LogP contribution in [0.4, 0.5) is 40.9 Å². The van der Waals surface area contributed by atoms with Gasteiger partial charge in [0, 0.05) is 57.7 Å². The van der Waals surface area contributed by atoms with Crippen LogP contribution in [0.25, 0.3) is 0 Å². The van der Waals surface area contributed by atoms with Gasteiger partial charge in [0.2, 0.25) is 0 Å². The molecule has 216 valence electrons. The number of aliphatic carboxylic acids is 2. The number of carboxylic acid groups (broad SMARTS) is 2. The van der Waals surface area contributed by atoms with Gasteiger partial charge in [0.05, 0.1) is 5.41 Å². The fourth-order valence-corrected chi connectivity index (χ4v) is 4.11. The van der Waals surface area contributed by atoms with Gasteiger partial charge >= 0.3 is 24.3 Å². The highest BCUT2D eigenvalue weighted by Gasteiger charge is 2.59. The van der Waals surface area contributed by atoms with Crippen molar-refractivity contribution in [3.63, 3.8) is 0 Å². The van der Waals surface area contributed by atoms with E-state index in [0.29, 0.717) is 39.1 Å². The summed E-state index contributed by atoms with van der Waals surface area (Å²) in [5.74, 6) is -7.36. The van der Waals surface area contributed by atoms with Crippen LogP contribution in [0.15, 0.2) is 48.9 Å². The fraction of sp³-hybridized carbons (Fsp3) is 0.478. The van der Waals surface area contributed by atoms with Crippen LogP contribution in [-0.4, -0.2) is 81.5 Å². The van der Waals surface area contributed by atoms with Gasteiger partial charge in [-0.05, 0) is 30.2 Å². The number of carbonyl (C=O) groups is 2. The maximum Gasteiger partial charge on any atom is 0.490 e. The van der Waals surface area contributed by atoms with E-state index in [-0.39, 0.29) is 6.42 Å². The van der Waals surface area contributed by atoms with Crippen molar-refractivity contribution in [1.82, 2.24) is 14.9 Å². The maximum absolute atomic E-state index is 14.9. The first kappa shape index (κ1) is 31.7. The average Bonchev–Trinajstić information content (AvgIpc) is 3.28. The van der Waals surface area contributed by atoms with Crippen molar-refractivity contribution in [3.05, 3.63) is 54.5 Å². The quantitative estimate of drug-likeness (QED) is 0.519. The Morgan fingerprint density at radius 2 is 1.49 bits per heavy atom. The molecular weight excluding hydrogens is 548 g/mol. The monoisotopic (exact) mass is 572 g/mol. The minimum Gasteiger partial charge on any atom is -0.475 e. The minimum atomic E-state index is -5.08. The first-order valence-corrected chi connectivity index (χ1v) is 11.2. The number of pyridine rings is 2. The summed E-state index contributed by atoms with van der Waals surface area (Å²) in [6.45, 7) is 2.51. The zero-order valence-corrected chi connectivity index (χ0v) is 20.1. The summed E-state index contributed by atoms with van der Waals surface area (Å²) in [7, 11) is 0. The summed E-state index contributed by atoms with van der Waals surface area (Å²) in [6, 6.07) is 9.54. The van der Waals surface area contributed by atoms with Gasteiger partial charge in [-0.15, -0.1) is 0 Å². The predicted octanol–water partition coefficient (Wildman–Crippen LogP) is 4.48. The van der Waals surface area contributed by atoms with Gasteiger partial charge in [-0.2, -0.15) is 26.3 Å². The first-order valence-electron chi connectivity index (χ1n) is 11.2. The maximum atomic E-state index is 14.9. The molecule has 1 spiro atoms. The molecule has 2 N–H and O–H groups in total. The number of halogens is 8. The summed E-state index contributed by atoms with van der Waals surface area (Å²) in [5.41, 5.74) is 0.0766. The third-order valence-electron chi connectivity index (χ3n) is 5.99. The lowest BCUT2D eigenvalue weighted by Gasteiger charge is -2.46. The Labute approximate surface area is 216 Å². The van der Waals surface area contributed by atoms with E-state index in [1.807, 2.05) is 41.4 Å². The van der Waals surface area contributed by atoms with Gasteiger partial charge in [0.25, 0.3) is 5.92 Å². The van der Waals surface area contributed by atoms with Crippen LogP contribution in [0.5, 0.6) is 0 Å². The minimum absolute atomic E-state index is 0.0800. The Hall–Kier alpha value is -3.56. The van der Waals surface area contributed by atoms with E-state index in [1.54, 1.807) is 12.4 Å². The van der Waals surface area contributed by atoms with Crippen LogP contribution < -0.4 is 4.90 Å². The van der Waals surface area contributed by atoms with E-state index >= 15 is 0 Å². The van der Waals surface area contributed by atoms with Crippen LogP contribution >= 0.6 is 0 Å². The fourth-order valence-electron chi connectivity index (χ4n) is 4.11. The Balaban J connectivity index is 0.000000317. The summed E-state index contributed by atoms with van der Waals surface area (Å²) in [5, 5.41) is 14.2. The van der Waals surface area contributed by atoms with Crippen molar-refractivity contribution in [2.45, 2.75) is 37.7 Å². The molecule has 8 nitrogen and oxygen atoms in total. The summed E-state index contributed by atoms with van der Waals surface area (Å²) >= 11 is 0. The van der Waals surface area contributed by atoms with Crippen molar-refractivity contribution in [3.8, 4) is 0 Å². The molecule has 4 heterocycles. The van der Waals surface area contributed by atoms with Crippen molar-refractivity contribution in [2.75, 3.05) is 31.1 Å². The molecule has 2 aliphatic heterocycles. The summed E-state index contributed by atoms with van der Waals surface area (Å²) in [6.07, 6.45) is -4.48. The van der Waals surface area contributed by atoms with Crippen LogP contribution in [0, 0.1) is 5.41 Å². The lowest BCUT2D eigenvalue weighted by atomic mass is 9.75. The van der Waals surface area contributed by atoms with E-state index in [1.165, 1.54) is 0 Å². The smallest absolute Gasteiger partial charge is 0.475 e. The Morgan fingerprint density at radius 3 is 1.97 bits per heavy atom. The number of nitrogens with zero attached hydrogens (tertiary/aromatic N) is 4. The number of carboxylic acids is 2. The van der Waals surface area contributed by atoms with E-state index in [4.69, 9.17) is 19.8 Å². The van der Waals surface area contributed by atoms with Gasteiger partial charge in [0.15, 0.2) is 0 Å². The van der Waals surface area contributed by atoms with E-state index in [9.17, 15) is 35.1 Å². The summed E-state index contributed by atoms with van der Waals surface area (Å²) < 4.78 is 93.2. The Bertz CT molecular complexity index is 1060. The molecule has 4 rings (SSSR count). The molecule has 2 aliphatic rings. The number of hydrogen-bond acceptors (Lipinski definition) is 6. The number of alkyl halides is 8. The number of hydrogen-bond donors (Lipinski definition) is 2. The van der Waals surface area contributed by atoms with Gasteiger partial charge in [0.1, 0.15) is 5.82 Å². The Kier molecular flexibility index (Phi) is 10.2. The van der Waals surface area contributed by atoms with Crippen LogP contribution in [0.2, 0.25) is 0 Å². The predicted molar refractivity (Wildman–Crippen MR) is 120 cm³/mol.